The molecule has 2 aliphatic carbocycles. The maximum absolute atomic E-state index is 5.85. The third kappa shape index (κ3) is 2.94. The van der Waals surface area contributed by atoms with Gasteiger partial charge in [0.25, 0.3) is 0 Å². The number of hydrogen-bond donors (Lipinski definition) is 2. The van der Waals surface area contributed by atoms with Gasteiger partial charge in [-0.05, 0) is 55.9 Å². The van der Waals surface area contributed by atoms with Crippen LogP contribution in [0.2, 0.25) is 0 Å². The fourth-order valence-electron chi connectivity index (χ4n) is 2.33. The molecule has 2 nitrogen and oxygen atoms in total. The highest BCUT2D eigenvalue weighted by Crippen LogP contribution is 2.44. The first-order chi connectivity index (χ1) is 7.18. The van der Waals surface area contributed by atoms with Gasteiger partial charge < -0.3 is 11.1 Å². The van der Waals surface area contributed by atoms with Crippen molar-refractivity contribution in [3.8, 4) is 0 Å². The maximum Gasteiger partial charge on any atom is 0.0124 e. The van der Waals surface area contributed by atoms with E-state index in [9.17, 15) is 0 Å². The van der Waals surface area contributed by atoms with E-state index in [1.807, 2.05) is 0 Å². The van der Waals surface area contributed by atoms with Crippen LogP contribution in [0.5, 0.6) is 0 Å². The van der Waals surface area contributed by atoms with Crippen molar-refractivity contribution in [3.63, 3.8) is 0 Å². The Balaban J connectivity index is 1.79. The predicted octanol–water partition coefficient (Wildman–Crippen LogP) is 2.14. The van der Waals surface area contributed by atoms with Crippen molar-refractivity contribution in [2.45, 2.75) is 52.0 Å². The van der Waals surface area contributed by atoms with Gasteiger partial charge in [-0.15, -0.1) is 0 Å². The van der Waals surface area contributed by atoms with Crippen LogP contribution in [0, 0.1) is 17.3 Å². The molecule has 2 saturated carbocycles. The summed E-state index contributed by atoms with van der Waals surface area (Å²) in [5, 5.41) is 3.81. The summed E-state index contributed by atoms with van der Waals surface area (Å²) in [7, 11) is 0. The highest BCUT2D eigenvalue weighted by atomic mass is 15.0. The Labute approximate surface area is 94.0 Å². The Kier molecular flexibility index (Phi) is 3.36. The summed E-state index contributed by atoms with van der Waals surface area (Å²) in [6.07, 6.45) is 7.01. The Morgan fingerprint density at radius 2 is 1.80 bits per heavy atom. The average Bonchev–Trinajstić information content (AvgIpc) is 3.10. The van der Waals surface area contributed by atoms with Gasteiger partial charge >= 0.3 is 0 Å². The molecule has 2 aliphatic rings. The molecule has 0 aromatic rings. The molecule has 1 unspecified atom stereocenters. The fraction of sp³-hybridized carbons (Fsp3) is 1.00. The zero-order valence-corrected chi connectivity index (χ0v) is 10.3. The number of nitrogens with two attached hydrogens (primary N) is 1. The van der Waals surface area contributed by atoms with E-state index in [0.29, 0.717) is 5.41 Å². The van der Waals surface area contributed by atoms with E-state index in [1.165, 1.54) is 32.1 Å². The highest BCUT2D eigenvalue weighted by molar-refractivity contribution is 4.97. The molecule has 88 valence electrons. The van der Waals surface area contributed by atoms with Crippen LogP contribution in [0.25, 0.3) is 0 Å². The van der Waals surface area contributed by atoms with E-state index in [2.05, 4.69) is 19.2 Å². The van der Waals surface area contributed by atoms with Crippen LogP contribution in [0.1, 0.15) is 46.0 Å². The molecule has 2 rings (SSSR count). The van der Waals surface area contributed by atoms with Crippen molar-refractivity contribution in [1.29, 1.82) is 0 Å². The lowest BCUT2D eigenvalue weighted by Gasteiger charge is -2.30. The second-order valence-corrected chi connectivity index (χ2v) is 5.95. The molecule has 0 aromatic heterocycles. The van der Waals surface area contributed by atoms with Crippen molar-refractivity contribution >= 4 is 0 Å². The lowest BCUT2D eigenvalue weighted by molar-refractivity contribution is 0.270. The van der Waals surface area contributed by atoms with Gasteiger partial charge in [-0.1, -0.05) is 13.8 Å². The summed E-state index contributed by atoms with van der Waals surface area (Å²) in [6, 6.07) is 0.822. The molecule has 0 aromatic carbocycles. The first kappa shape index (κ1) is 11.4. The summed E-state index contributed by atoms with van der Waals surface area (Å²) in [5.41, 5.74) is 6.15. The molecule has 15 heavy (non-hydrogen) atoms. The molecular formula is C13H26N2. The van der Waals surface area contributed by atoms with Gasteiger partial charge in [0.1, 0.15) is 0 Å². The van der Waals surface area contributed by atoms with Gasteiger partial charge in [0.15, 0.2) is 0 Å². The lowest BCUT2D eigenvalue weighted by Crippen LogP contribution is -2.43. The molecule has 3 N–H and O–H groups in total. The number of hydrogen-bond acceptors (Lipinski definition) is 2. The minimum atomic E-state index is 0.308. The average molecular weight is 210 g/mol. The number of rotatable bonds is 7. The molecule has 1 atom stereocenters. The van der Waals surface area contributed by atoms with Crippen molar-refractivity contribution in [2.24, 2.45) is 23.0 Å². The monoisotopic (exact) mass is 210 g/mol. The normalized spacial score (nSPS) is 25.6. The van der Waals surface area contributed by atoms with Crippen LogP contribution in [0.4, 0.5) is 0 Å². The summed E-state index contributed by atoms with van der Waals surface area (Å²) in [4.78, 5) is 0. The summed E-state index contributed by atoms with van der Waals surface area (Å²) >= 11 is 0. The van der Waals surface area contributed by atoms with Crippen LogP contribution in [-0.4, -0.2) is 19.1 Å². The van der Waals surface area contributed by atoms with Gasteiger partial charge in [0.2, 0.25) is 0 Å². The molecule has 2 fully saturated rings. The molecule has 2 heteroatoms. The molecule has 0 spiro atoms. The zero-order chi connectivity index (χ0) is 10.9. The quantitative estimate of drug-likeness (QED) is 0.675. The van der Waals surface area contributed by atoms with Gasteiger partial charge in [-0.2, -0.15) is 0 Å². The van der Waals surface area contributed by atoms with E-state index in [1.54, 1.807) is 0 Å². The van der Waals surface area contributed by atoms with Crippen molar-refractivity contribution in [1.82, 2.24) is 5.32 Å². The Hall–Kier alpha value is -0.0800. The fourth-order valence-corrected chi connectivity index (χ4v) is 2.33. The van der Waals surface area contributed by atoms with Crippen molar-refractivity contribution < 1.29 is 0 Å². The Bertz CT molecular complexity index is 191. The lowest BCUT2D eigenvalue weighted by atomic mass is 9.87. The number of nitrogens with one attached hydrogen (secondary N) is 1. The van der Waals surface area contributed by atoms with Gasteiger partial charge in [0, 0.05) is 12.6 Å². The SMILES string of the molecule is CCC(C)(CN)CNC(C1CC1)C1CC1. The van der Waals surface area contributed by atoms with Gasteiger partial charge in [0.05, 0.1) is 0 Å². The zero-order valence-electron chi connectivity index (χ0n) is 10.3. The second kappa shape index (κ2) is 4.42. The maximum atomic E-state index is 5.85. The Morgan fingerprint density at radius 3 is 2.13 bits per heavy atom. The van der Waals surface area contributed by atoms with E-state index in [0.717, 1.165) is 31.0 Å². The standard InChI is InChI=1S/C13H26N2/c1-3-13(2,8-14)9-15-12(10-4-5-10)11-6-7-11/h10-12,15H,3-9,14H2,1-2H3. The second-order valence-electron chi connectivity index (χ2n) is 5.95. The molecule has 0 aliphatic heterocycles. The first-order valence-electron chi connectivity index (χ1n) is 6.62. The van der Waals surface area contributed by atoms with Gasteiger partial charge in [-0.25, -0.2) is 0 Å². The van der Waals surface area contributed by atoms with Crippen LogP contribution in [0.15, 0.2) is 0 Å². The van der Waals surface area contributed by atoms with Crippen LogP contribution < -0.4 is 11.1 Å². The topological polar surface area (TPSA) is 38.0 Å². The molecular weight excluding hydrogens is 184 g/mol. The van der Waals surface area contributed by atoms with Crippen LogP contribution in [-0.2, 0) is 0 Å². The van der Waals surface area contributed by atoms with Crippen molar-refractivity contribution in [2.75, 3.05) is 13.1 Å². The molecule has 0 radical (unpaired) electrons. The summed E-state index contributed by atoms with van der Waals surface area (Å²) in [6.45, 7) is 6.46. The predicted molar refractivity (Wildman–Crippen MR) is 64.7 cm³/mol. The van der Waals surface area contributed by atoms with E-state index >= 15 is 0 Å². The van der Waals surface area contributed by atoms with Gasteiger partial charge in [-0.3, -0.25) is 0 Å². The third-order valence-electron chi connectivity index (χ3n) is 4.37. The van der Waals surface area contributed by atoms with Crippen molar-refractivity contribution in [3.05, 3.63) is 0 Å². The summed E-state index contributed by atoms with van der Waals surface area (Å²) < 4.78 is 0. The smallest absolute Gasteiger partial charge is 0.0124 e. The highest BCUT2D eigenvalue weighted by Gasteiger charge is 2.41. The minimum absolute atomic E-state index is 0.308. The molecule has 0 amide bonds. The molecule has 0 heterocycles. The molecule has 0 saturated heterocycles. The largest absolute Gasteiger partial charge is 0.330 e. The summed E-state index contributed by atoms with van der Waals surface area (Å²) in [5.74, 6) is 1.99. The molecule has 0 bridgehead atoms. The van der Waals surface area contributed by atoms with Crippen LogP contribution in [0.3, 0.4) is 0 Å². The van der Waals surface area contributed by atoms with Crippen LogP contribution >= 0.6 is 0 Å². The first-order valence-corrected chi connectivity index (χ1v) is 6.62. The van der Waals surface area contributed by atoms with E-state index in [-0.39, 0.29) is 0 Å². The Morgan fingerprint density at radius 1 is 1.27 bits per heavy atom. The minimum Gasteiger partial charge on any atom is -0.330 e. The van der Waals surface area contributed by atoms with E-state index in [4.69, 9.17) is 5.73 Å². The third-order valence-corrected chi connectivity index (χ3v) is 4.37. The van der Waals surface area contributed by atoms with E-state index < -0.39 is 0 Å².